The van der Waals surface area contributed by atoms with Gasteiger partial charge >= 0.3 is 0 Å². The number of aliphatic hydroxyl groups is 1. The first-order valence-electron chi connectivity index (χ1n) is 5.94. The van der Waals surface area contributed by atoms with Crippen molar-refractivity contribution in [2.75, 3.05) is 0 Å². The van der Waals surface area contributed by atoms with Gasteiger partial charge in [-0.1, -0.05) is 0 Å². The van der Waals surface area contributed by atoms with E-state index in [-0.39, 0.29) is 5.71 Å². The summed E-state index contributed by atoms with van der Waals surface area (Å²) < 4.78 is 0. The van der Waals surface area contributed by atoms with E-state index in [1.54, 1.807) is 24.5 Å². The van der Waals surface area contributed by atoms with Crippen molar-refractivity contribution in [2.45, 2.75) is 32.4 Å². The summed E-state index contributed by atoms with van der Waals surface area (Å²) in [5.74, 6) is -0.470. The largest absolute Gasteiger partial charge is 0.377 e. The highest BCUT2D eigenvalue weighted by Crippen LogP contribution is 2.19. The molecule has 0 bridgehead atoms. The summed E-state index contributed by atoms with van der Waals surface area (Å²) in [6, 6.07) is 3.38. The molecule has 19 heavy (non-hydrogen) atoms. The molecule has 1 aromatic heterocycles. The van der Waals surface area contributed by atoms with Gasteiger partial charge in [0.25, 0.3) is 5.91 Å². The molecule has 6 heteroatoms. The van der Waals surface area contributed by atoms with Crippen molar-refractivity contribution in [1.29, 1.82) is 0 Å². The lowest BCUT2D eigenvalue weighted by atomic mass is 10.1. The molecule has 1 unspecified atom stereocenters. The van der Waals surface area contributed by atoms with Gasteiger partial charge in [-0.3, -0.25) is 9.78 Å². The minimum absolute atomic E-state index is 0.233. The van der Waals surface area contributed by atoms with E-state index in [2.05, 4.69) is 15.1 Å². The zero-order valence-electron chi connectivity index (χ0n) is 11.1. The van der Waals surface area contributed by atoms with Crippen LogP contribution in [0, 0.1) is 0 Å². The standard InChI is InChI=1S/C13H16N4O2/c1-13(2,3)17-12(19)11(18)10(8-15-17)16-9-4-6-14-7-5-9/h4-8,11,18H,1-3H3. The van der Waals surface area contributed by atoms with E-state index >= 15 is 0 Å². The molecule has 6 nitrogen and oxygen atoms in total. The molecule has 0 fully saturated rings. The Balaban J connectivity index is 2.32. The SMILES string of the molecule is CC(C)(C)N1N=CC(=Nc2ccncc2)C(O)C1=O. The number of carbonyl (C=O) groups excluding carboxylic acids is 1. The average molecular weight is 260 g/mol. The predicted octanol–water partition coefficient (Wildman–Crippen LogP) is 1.14. The Hall–Kier alpha value is -2.08. The molecule has 1 N–H and O–H groups in total. The number of aromatic nitrogens is 1. The van der Waals surface area contributed by atoms with Crippen molar-refractivity contribution in [3.8, 4) is 0 Å². The lowest BCUT2D eigenvalue weighted by Gasteiger charge is -2.34. The number of rotatable bonds is 1. The number of nitrogens with zero attached hydrogens (tertiary/aromatic N) is 4. The molecule has 0 spiro atoms. The van der Waals surface area contributed by atoms with Gasteiger partial charge in [0.1, 0.15) is 0 Å². The Morgan fingerprint density at radius 3 is 2.53 bits per heavy atom. The highest BCUT2D eigenvalue weighted by molar-refractivity contribution is 6.39. The van der Waals surface area contributed by atoms with Crippen molar-refractivity contribution in [1.82, 2.24) is 9.99 Å². The summed E-state index contributed by atoms with van der Waals surface area (Å²) in [6.07, 6.45) is 3.31. The van der Waals surface area contributed by atoms with Gasteiger partial charge in [-0.05, 0) is 32.9 Å². The van der Waals surface area contributed by atoms with E-state index in [0.29, 0.717) is 5.69 Å². The van der Waals surface area contributed by atoms with E-state index in [1.165, 1.54) is 11.2 Å². The zero-order chi connectivity index (χ0) is 14.0. The topological polar surface area (TPSA) is 78.2 Å². The fraction of sp³-hybridized carbons (Fsp3) is 0.385. The average Bonchev–Trinajstić information content (AvgIpc) is 2.35. The van der Waals surface area contributed by atoms with Gasteiger partial charge < -0.3 is 5.11 Å². The molecular formula is C13H16N4O2. The fourth-order valence-corrected chi connectivity index (χ4v) is 1.65. The fourth-order valence-electron chi connectivity index (χ4n) is 1.65. The first-order chi connectivity index (χ1) is 8.89. The van der Waals surface area contributed by atoms with Crippen LogP contribution in [0.15, 0.2) is 34.6 Å². The van der Waals surface area contributed by atoms with Crippen LogP contribution in [0.5, 0.6) is 0 Å². The molecule has 1 aliphatic rings. The van der Waals surface area contributed by atoms with Crippen LogP contribution in [-0.2, 0) is 4.79 Å². The second-order valence-corrected chi connectivity index (χ2v) is 5.21. The highest BCUT2D eigenvalue weighted by atomic mass is 16.3. The maximum absolute atomic E-state index is 12.0. The van der Waals surface area contributed by atoms with Gasteiger partial charge in [-0.25, -0.2) is 10.0 Å². The van der Waals surface area contributed by atoms with Crippen LogP contribution < -0.4 is 0 Å². The smallest absolute Gasteiger partial charge is 0.278 e. The van der Waals surface area contributed by atoms with E-state index in [4.69, 9.17) is 0 Å². The van der Waals surface area contributed by atoms with E-state index in [0.717, 1.165) is 0 Å². The maximum Gasteiger partial charge on any atom is 0.278 e. The number of pyridine rings is 1. The molecule has 2 heterocycles. The van der Waals surface area contributed by atoms with Crippen LogP contribution in [0.1, 0.15) is 20.8 Å². The lowest BCUT2D eigenvalue weighted by molar-refractivity contribution is -0.142. The molecule has 1 aromatic rings. The second kappa shape index (κ2) is 4.89. The monoisotopic (exact) mass is 260 g/mol. The molecule has 0 aliphatic carbocycles. The Morgan fingerprint density at radius 1 is 1.32 bits per heavy atom. The summed E-state index contributed by atoms with van der Waals surface area (Å²) in [6.45, 7) is 5.54. The molecule has 100 valence electrons. The van der Waals surface area contributed by atoms with Crippen molar-refractivity contribution in [3.63, 3.8) is 0 Å². The number of amides is 1. The minimum atomic E-state index is -1.29. The molecule has 1 aliphatic heterocycles. The molecule has 0 saturated carbocycles. The second-order valence-electron chi connectivity index (χ2n) is 5.21. The van der Waals surface area contributed by atoms with E-state index in [1.807, 2.05) is 20.8 Å². The van der Waals surface area contributed by atoms with Crippen LogP contribution in [0.2, 0.25) is 0 Å². The number of hydrogen-bond donors (Lipinski definition) is 1. The van der Waals surface area contributed by atoms with Gasteiger partial charge in [0.05, 0.1) is 23.2 Å². The third-order valence-corrected chi connectivity index (χ3v) is 2.58. The van der Waals surface area contributed by atoms with Gasteiger partial charge in [0, 0.05) is 12.4 Å². The van der Waals surface area contributed by atoms with E-state index < -0.39 is 17.6 Å². The normalized spacial score (nSPS) is 22.1. The quantitative estimate of drug-likeness (QED) is 0.822. The molecule has 1 atom stereocenters. The Bertz CT molecular complexity index is 531. The summed E-state index contributed by atoms with van der Waals surface area (Å²) in [5.41, 5.74) is 0.376. The number of aliphatic imine (C=N–C) groups is 1. The summed E-state index contributed by atoms with van der Waals surface area (Å²) in [4.78, 5) is 20.1. The molecular weight excluding hydrogens is 244 g/mol. The number of aliphatic hydroxyl groups excluding tert-OH is 1. The van der Waals surface area contributed by atoms with Gasteiger partial charge in [-0.2, -0.15) is 5.10 Å². The third-order valence-electron chi connectivity index (χ3n) is 2.58. The van der Waals surface area contributed by atoms with Crippen LogP contribution >= 0.6 is 0 Å². The van der Waals surface area contributed by atoms with Crippen molar-refractivity contribution < 1.29 is 9.90 Å². The van der Waals surface area contributed by atoms with Crippen LogP contribution in [-0.4, -0.2) is 44.6 Å². The first-order valence-corrected chi connectivity index (χ1v) is 5.94. The summed E-state index contributed by atoms with van der Waals surface area (Å²) in [7, 11) is 0. The van der Waals surface area contributed by atoms with Crippen LogP contribution in [0.25, 0.3) is 0 Å². The van der Waals surface area contributed by atoms with Crippen LogP contribution in [0.4, 0.5) is 5.69 Å². The van der Waals surface area contributed by atoms with E-state index in [9.17, 15) is 9.90 Å². The molecule has 0 aromatic carbocycles. The number of hydrazone groups is 1. The lowest BCUT2D eigenvalue weighted by Crippen LogP contribution is -2.52. The van der Waals surface area contributed by atoms with Gasteiger partial charge in [0.15, 0.2) is 6.10 Å². The summed E-state index contributed by atoms with van der Waals surface area (Å²) >= 11 is 0. The zero-order valence-corrected chi connectivity index (χ0v) is 11.1. The Kier molecular flexibility index (Phi) is 3.44. The molecule has 0 saturated heterocycles. The Labute approximate surface area is 111 Å². The molecule has 2 rings (SSSR count). The number of carbonyl (C=O) groups is 1. The first kappa shape index (κ1) is 13.4. The molecule has 1 amide bonds. The van der Waals surface area contributed by atoms with Gasteiger partial charge in [-0.15, -0.1) is 0 Å². The summed E-state index contributed by atoms with van der Waals surface area (Å²) in [5, 5.41) is 15.3. The van der Waals surface area contributed by atoms with Crippen molar-refractivity contribution in [2.24, 2.45) is 10.1 Å². The predicted molar refractivity (Wildman–Crippen MR) is 72.4 cm³/mol. The minimum Gasteiger partial charge on any atom is -0.377 e. The Morgan fingerprint density at radius 2 is 1.95 bits per heavy atom. The number of hydrogen-bond acceptors (Lipinski definition) is 5. The highest BCUT2D eigenvalue weighted by Gasteiger charge is 2.36. The van der Waals surface area contributed by atoms with Crippen molar-refractivity contribution >= 4 is 23.5 Å². The molecule has 0 radical (unpaired) electrons. The van der Waals surface area contributed by atoms with Crippen LogP contribution in [0.3, 0.4) is 0 Å². The van der Waals surface area contributed by atoms with Crippen molar-refractivity contribution in [3.05, 3.63) is 24.5 Å². The maximum atomic E-state index is 12.0. The van der Waals surface area contributed by atoms with Gasteiger partial charge in [0.2, 0.25) is 0 Å². The third kappa shape index (κ3) is 2.85.